The number of ketones is 1. The molecule has 0 spiro atoms. The first kappa shape index (κ1) is 12.3. The molecule has 1 fully saturated rings. The van der Waals surface area contributed by atoms with Gasteiger partial charge in [-0.25, -0.2) is 4.98 Å². The molecule has 1 saturated carbocycles. The molecule has 0 aromatic carbocycles. The fourth-order valence-corrected chi connectivity index (χ4v) is 3.99. The average Bonchev–Trinajstić information content (AvgIpc) is 2.95. The van der Waals surface area contributed by atoms with Crippen LogP contribution in [-0.4, -0.2) is 15.3 Å². The molecule has 104 valence electrons. The third-order valence-corrected chi connectivity index (χ3v) is 5.15. The van der Waals surface area contributed by atoms with Crippen molar-refractivity contribution in [3.8, 4) is 5.13 Å². The van der Waals surface area contributed by atoms with Crippen molar-refractivity contribution < 1.29 is 4.79 Å². The van der Waals surface area contributed by atoms with Crippen molar-refractivity contribution >= 4 is 17.1 Å². The normalized spacial score (nSPS) is 21.0. The van der Waals surface area contributed by atoms with Crippen molar-refractivity contribution in [3.05, 3.63) is 34.6 Å². The summed E-state index contributed by atoms with van der Waals surface area (Å²) < 4.78 is 2.13. The van der Waals surface area contributed by atoms with E-state index in [2.05, 4.69) is 23.8 Å². The molecule has 4 heteroatoms. The molecule has 0 atom stereocenters. The summed E-state index contributed by atoms with van der Waals surface area (Å²) in [6.45, 7) is 4.34. The first-order chi connectivity index (χ1) is 9.53. The first-order valence-electron chi connectivity index (χ1n) is 7.23. The van der Waals surface area contributed by atoms with Gasteiger partial charge in [-0.3, -0.25) is 9.36 Å². The van der Waals surface area contributed by atoms with E-state index >= 15 is 0 Å². The minimum Gasteiger partial charge on any atom is -0.296 e. The van der Waals surface area contributed by atoms with Gasteiger partial charge in [0.05, 0.1) is 5.69 Å². The maximum Gasteiger partial charge on any atom is 0.193 e. The predicted octanol–water partition coefficient (Wildman–Crippen LogP) is 3.97. The van der Waals surface area contributed by atoms with Crippen molar-refractivity contribution in [1.29, 1.82) is 0 Å². The van der Waals surface area contributed by atoms with Gasteiger partial charge in [0.2, 0.25) is 0 Å². The molecule has 0 N–H and O–H groups in total. The topological polar surface area (TPSA) is 34.9 Å². The predicted molar refractivity (Wildman–Crippen MR) is 79.8 cm³/mol. The standard InChI is InChI=1S/C16H18N2OS/c1-16(2)7-13-11(14(19)8-16)5-6-18(13)15-17-12(9-20-15)10-3-4-10/h5-6,9-10H,3-4,7-8H2,1-2H3. The molecule has 0 radical (unpaired) electrons. The Balaban J connectivity index is 1.77. The van der Waals surface area contributed by atoms with Crippen LogP contribution in [0.2, 0.25) is 0 Å². The van der Waals surface area contributed by atoms with Crippen LogP contribution in [-0.2, 0) is 6.42 Å². The van der Waals surface area contributed by atoms with E-state index in [9.17, 15) is 4.79 Å². The highest BCUT2D eigenvalue weighted by atomic mass is 32.1. The monoisotopic (exact) mass is 286 g/mol. The van der Waals surface area contributed by atoms with Gasteiger partial charge in [-0.2, -0.15) is 0 Å². The summed E-state index contributed by atoms with van der Waals surface area (Å²) in [4.78, 5) is 17.0. The number of nitrogens with zero attached hydrogens (tertiary/aromatic N) is 2. The number of rotatable bonds is 2. The lowest BCUT2D eigenvalue weighted by Crippen LogP contribution is -2.27. The second kappa shape index (κ2) is 4.04. The molecule has 3 nitrogen and oxygen atoms in total. The van der Waals surface area contributed by atoms with E-state index in [0.29, 0.717) is 12.3 Å². The van der Waals surface area contributed by atoms with Crippen LogP contribution in [0.15, 0.2) is 17.6 Å². The Labute approximate surface area is 122 Å². The number of carbonyl (C=O) groups is 1. The van der Waals surface area contributed by atoms with Crippen LogP contribution < -0.4 is 0 Å². The van der Waals surface area contributed by atoms with E-state index in [1.54, 1.807) is 11.3 Å². The quantitative estimate of drug-likeness (QED) is 0.837. The Kier molecular flexibility index (Phi) is 2.49. The Morgan fingerprint density at radius 2 is 2.15 bits per heavy atom. The summed E-state index contributed by atoms with van der Waals surface area (Å²) in [5.41, 5.74) is 3.32. The summed E-state index contributed by atoms with van der Waals surface area (Å²) >= 11 is 1.69. The van der Waals surface area contributed by atoms with Crippen LogP contribution >= 0.6 is 11.3 Å². The number of hydrogen-bond acceptors (Lipinski definition) is 3. The molecule has 20 heavy (non-hydrogen) atoms. The van der Waals surface area contributed by atoms with Crippen LogP contribution in [0.4, 0.5) is 0 Å². The van der Waals surface area contributed by atoms with Gasteiger partial charge in [-0.15, -0.1) is 11.3 Å². The maximum absolute atomic E-state index is 12.2. The third-order valence-electron chi connectivity index (χ3n) is 4.29. The van der Waals surface area contributed by atoms with E-state index in [4.69, 9.17) is 4.98 Å². The summed E-state index contributed by atoms with van der Waals surface area (Å²) in [6.07, 6.45) is 6.16. The maximum atomic E-state index is 12.2. The molecule has 0 amide bonds. The van der Waals surface area contributed by atoms with Crippen molar-refractivity contribution in [2.24, 2.45) is 5.41 Å². The minimum absolute atomic E-state index is 0.0523. The SMILES string of the molecule is CC1(C)CC(=O)c2ccn(-c3nc(C4CC4)cs3)c2C1. The molecule has 2 aliphatic carbocycles. The van der Waals surface area contributed by atoms with Gasteiger partial charge in [0, 0.05) is 35.2 Å². The largest absolute Gasteiger partial charge is 0.296 e. The zero-order chi connectivity index (χ0) is 13.9. The lowest BCUT2D eigenvalue weighted by Gasteiger charge is -2.29. The van der Waals surface area contributed by atoms with Gasteiger partial charge in [-0.1, -0.05) is 13.8 Å². The molecular weight excluding hydrogens is 268 g/mol. The number of fused-ring (bicyclic) bond motifs is 1. The number of Topliss-reactive ketones (excluding diaryl/α,β-unsaturated/α-hetero) is 1. The highest BCUT2D eigenvalue weighted by molar-refractivity contribution is 7.12. The van der Waals surface area contributed by atoms with Crippen LogP contribution in [0, 0.1) is 5.41 Å². The molecule has 0 bridgehead atoms. The van der Waals surface area contributed by atoms with E-state index in [0.717, 1.165) is 22.8 Å². The molecule has 2 aromatic heterocycles. The number of thiazole rings is 1. The molecule has 0 unspecified atom stereocenters. The van der Waals surface area contributed by atoms with Gasteiger partial charge in [0.1, 0.15) is 0 Å². The molecule has 2 aromatic rings. The minimum atomic E-state index is 0.0523. The van der Waals surface area contributed by atoms with Gasteiger partial charge in [0.15, 0.2) is 10.9 Å². The Morgan fingerprint density at radius 1 is 1.35 bits per heavy atom. The van der Waals surface area contributed by atoms with Crippen LogP contribution in [0.3, 0.4) is 0 Å². The second-order valence-corrected chi connectivity index (χ2v) is 7.65. The zero-order valence-electron chi connectivity index (χ0n) is 11.8. The van der Waals surface area contributed by atoms with Gasteiger partial charge in [-0.05, 0) is 30.7 Å². The summed E-state index contributed by atoms with van der Waals surface area (Å²) in [5, 5.41) is 3.19. The number of hydrogen-bond donors (Lipinski definition) is 0. The summed E-state index contributed by atoms with van der Waals surface area (Å²) in [6, 6.07) is 1.96. The lowest BCUT2D eigenvalue weighted by atomic mass is 9.76. The van der Waals surface area contributed by atoms with Crippen LogP contribution in [0.5, 0.6) is 0 Å². The van der Waals surface area contributed by atoms with Crippen molar-refractivity contribution in [2.75, 3.05) is 0 Å². The van der Waals surface area contributed by atoms with Crippen LogP contribution in [0.25, 0.3) is 5.13 Å². The van der Waals surface area contributed by atoms with Crippen molar-refractivity contribution in [1.82, 2.24) is 9.55 Å². The number of aromatic nitrogens is 2. The van der Waals surface area contributed by atoms with E-state index < -0.39 is 0 Å². The molecule has 0 aliphatic heterocycles. The molecule has 2 aliphatic rings. The highest BCUT2D eigenvalue weighted by Gasteiger charge is 2.34. The molecule has 4 rings (SSSR count). The van der Waals surface area contributed by atoms with Gasteiger partial charge < -0.3 is 0 Å². The fourth-order valence-electron chi connectivity index (χ4n) is 3.08. The molecule has 2 heterocycles. The Hall–Kier alpha value is -1.42. The van der Waals surface area contributed by atoms with E-state index in [1.807, 2.05) is 12.3 Å². The third kappa shape index (κ3) is 1.94. The van der Waals surface area contributed by atoms with E-state index in [-0.39, 0.29) is 11.2 Å². The number of carbonyl (C=O) groups excluding carboxylic acids is 1. The smallest absolute Gasteiger partial charge is 0.193 e. The molecular formula is C16H18N2OS. The Morgan fingerprint density at radius 3 is 2.90 bits per heavy atom. The van der Waals surface area contributed by atoms with Crippen molar-refractivity contribution in [3.63, 3.8) is 0 Å². The first-order valence-corrected chi connectivity index (χ1v) is 8.11. The molecule has 0 saturated heterocycles. The Bertz CT molecular complexity index is 691. The lowest BCUT2D eigenvalue weighted by molar-refractivity contribution is 0.0911. The second-order valence-electron chi connectivity index (χ2n) is 6.82. The van der Waals surface area contributed by atoms with Crippen molar-refractivity contribution in [2.45, 2.75) is 45.4 Å². The average molecular weight is 286 g/mol. The van der Waals surface area contributed by atoms with Crippen LogP contribution in [0.1, 0.15) is 60.8 Å². The summed E-state index contributed by atoms with van der Waals surface area (Å²) in [7, 11) is 0. The summed E-state index contributed by atoms with van der Waals surface area (Å²) in [5.74, 6) is 0.957. The highest BCUT2D eigenvalue weighted by Crippen LogP contribution is 2.41. The zero-order valence-corrected chi connectivity index (χ0v) is 12.7. The van der Waals surface area contributed by atoms with E-state index in [1.165, 1.54) is 18.5 Å². The fraction of sp³-hybridized carbons (Fsp3) is 0.500. The van der Waals surface area contributed by atoms with Gasteiger partial charge in [0.25, 0.3) is 0 Å². The van der Waals surface area contributed by atoms with Gasteiger partial charge >= 0.3 is 0 Å².